The number of rotatable bonds is 5. The predicted octanol–water partition coefficient (Wildman–Crippen LogP) is 4.66. The number of piperazine rings is 1. The van der Waals surface area contributed by atoms with Gasteiger partial charge in [0, 0.05) is 30.7 Å². The number of aromatic nitrogens is 3. The van der Waals surface area contributed by atoms with Crippen molar-refractivity contribution in [1.29, 1.82) is 0 Å². The van der Waals surface area contributed by atoms with Crippen LogP contribution in [0.4, 0.5) is 0 Å². The number of thiazole rings is 1. The molecule has 1 aliphatic rings. The minimum absolute atomic E-state index is 0.0503. The van der Waals surface area contributed by atoms with Crippen LogP contribution in [0.25, 0.3) is 16.5 Å². The van der Waals surface area contributed by atoms with Crippen LogP contribution in [-0.4, -0.2) is 61.6 Å². The number of aromatic hydroxyl groups is 1. The lowest BCUT2D eigenvalue weighted by atomic mass is 10.0. The molecule has 1 fully saturated rings. The van der Waals surface area contributed by atoms with Crippen molar-refractivity contribution >= 4 is 38.1 Å². The first-order valence-electron chi connectivity index (χ1n) is 11.0. The fraction of sp³-hybridized carbons (Fsp3) is 0.208. The lowest BCUT2D eigenvalue weighted by molar-refractivity contribution is 0.0568. The van der Waals surface area contributed by atoms with Crippen molar-refractivity contribution in [3.63, 3.8) is 0 Å². The van der Waals surface area contributed by atoms with E-state index in [9.17, 15) is 9.90 Å². The Morgan fingerprint density at radius 2 is 1.86 bits per heavy atom. The standard InChI is InChI=1S/C24H20BrN5O4S/c25-16-5-1-4-15(14-16)19(28-8-10-29(11-9-28)22(31)18-7-3-13-34-18)20-23(32)30-24(35-20)26-21(27-30)17-6-2-12-33-17/h1-7,12-14,19,32H,8-11H2/t19-/m1/s1. The van der Waals surface area contributed by atoms with Crippen LogP contribution in [0.3, 0.4) is 0 Å². The zero-order chi connectivity index (χ0) is 23.9. The molecule has 0 saturated carbocycles. The van der Waals surface area contributed by atoms with Gasteiger partial charge in [-0.25, -0.2) is 0 Å². The molecule has 4 aromatic heterocycles. The summed E-state index contributed by atoms with van der Waals surface area (Å²) in [4.78, 5) is 22.7. The van der Waals surface area contributed by atoms with Crippen LogP contribution >= 0.6 is 27.3 Å². The van der Waals surface area contributed by atoms with Crippen molar-refractivity contribution in [1.82, 2.24) is 24.4 Å². The third-order valence-corrected chi connectivity index (χ3v) is 7.62. The first kappa shape index (κ1) is 22.1. The van der Waals surface area contributed by atoms with E-state index in [0.29, 0.717) is 48.5 Å². The number of carbonyl (C=O) groups excluding carboxylic acids is 1. The normalized spacial score (nSPS) is 15.6. The van der Waals surface area contributed by atoms with Gasteiger partial charge in [-0.2, -0.15) is 9.50 Å². The molecule has 0 radical (unpaired) electrons. The number of hydrogen-bond acceptors (Lipinski definition) is 8. The fourth-order valence-corrected chi connectivity index (χ4v) is 5.92. The molecule has 0 aliphatic carbocycles. The van der Waals surface area contributed by atoms with Crippen LogP contribution < -0.4 is 0 Å². The van der Waals surface area contributed by atoms with Gasteiger partial charge in [0.05, 0.1) is 23.4 Å². The minimum Gasteiger partial charge on any atom is -0.492 e. The number of furan rings is 2. The number of amides is 1. The molecule has 0 spiro atoms. The predicted molar refractivity (Wildman–Crippen MR) is 132 cm³/mol. The molecule has 5 heterocycles. The molecule has 35 heavy (non-hydrogen) atoms. The topological polar surface area (TPSA) is 100 Å². The second kappa shape index (κ2) is 8.99. The van der Waals surface area contributed by atoms with E-state index in [1.165, 1.54) is 22.1 Å². The molecule has 11 heteroatoms. The van der Waals surface area contributed by atoms with Crippen molar-refractivity contribution in [3.05, 3.63) is 81.7 Å². The Balaban J connectivity index is 1.33. The highest BCUT2D eigenvalue weighted by atomic mass is 79.9. The Bertz CT molecular complexity index is 1470. The molecule has 1 amide bonds. The van der Waals surface area contributed by atoms with Crippen LogP contribution in [0, 0.1) is 0 Å². The number of hydrogen-bond donors (Lipinski definition) is 1. The van der Waals surface area contributed by atoms with Gasteiger partial charge in [-0.05, 0) is 42.0 Å². The summed E-state index contributed by atoms with van der Waals surface area (Å²) in [6.45, 7) is 2.37. The number of carbonyl (C=O) groups is 1. The van der Waals surface area contributed by atoms with Gasteiger partial charge in [-0.1, -0.05) is 39.4 Å². The Labute approximate surface area is 212 Å². The molecule has 0 unspecified atom stereocenters. The highest BCUT2D eigenvalue weighted by molar-refractivity contribution is 9.10. The quantitative estimate of drug-likeness (QED) is 0.337. The molecular formula is C24H20BrN5O4S. The summed E-state index contributed by atoms with van der Waals surface area (Å²) >= 11 is 4.97. The monoisotopic (exact) mass is 553 g/mol. The molecule has 0 bridgehead atoms. The second-order valence-corrected chi connectivity index (χ2v) is 10.1. The van der Waals surface area contributed by atoms with E-state index in [0.717, 1.165) is 14.9 Å². The lowest BCUT2D eigenvalue weighted by Gasteiger charge is -2.38. The molecular weight excluding hydrogens is 534 g/mol. The summed E-state index contributed by atoms with van der Waals surface area (Å²) in [5.74, 6) is 1.25. The van der Waals surface area contributed by atoms with Crippen molar-refractivity contribution < 1.29 is 18.7 Å². The lowest BCUT2D eigenvalue weighted by Crippen LogP contribution is -2.49. The Morgan fingerprint density at radius 1 is 1.06 bits per heavy atom. The van der Waals surface area contributed by atoms with Gasteiger partial charge in [0.25, 0.3) is 5.91 Å². The highest BCUT2D eigenvalue weighted by Gasteiger charge is 2.33. The van der Waals surface area contributed by atoms with Crippen molar-refractivity contribution in [2.75, 3.05) is 26.2 Å². The van der Waals surface area contributed by atoms with Crippen LogP contribution in [-0.2, 0) is 0 Å². The van der Waals surface area contributed by atoms with Gasteiger partial charge in [0.2, 0.25) is 16.7 Å². The maximum Gasteiger partial charge on any atom is 0.289 e. The average molecular weight is 554 g/mol. The van der Waals surface area contributed by atoms with Crippen LogP contribution in [0.15, 0.2) is 74.4 Å². The molecule has 1 atom stereocenters. The van der Waals surface area contributed by atoms with Crippen molar-refractivity contribution in [2.24, 2.45) is 0 Å². The summed E-state index contributed by atoms with van der Waals surface area (Å²) in [6.07, 6.45) is 3.07. The fourth-order valence-electron chi connectivity index (χ4n) is 4.38. The van der Waals surface area contributed by atoms with Gasteiger partial charge >= 0.3 is 0 Å². The average Bonchev–Trinajstić information content (AvgIpc) is 3.67. The summed E-state index contributed by atoms with van der Waals surface area (Å²) in [7, 11) is 0. The number of fused-ring (bicyclic) bond motifs is 1. The summed E-state index contributed by atoms with van der Waals surface area (Å²) < 4.78 is 13.1. The minimum atomic E-state index is -0.228. The molecule has 1 saturated heterocycles. The van der Waals surface area contributed by atoms with E-state index < -0.39 is 0 Å². The second-order valence-electron chi connectivity index (χ2n) is 8.16. The van der Waals surface area contributed by atoms with E-state index in [-0.39, 0.29) is 17.8 Å². The molecule has 5 aromatic rings. The van der Waals surface area contributed by atoms with E-state index in [1.807, 2.05) is 18.2 Å². The molecule has 1 aliphatic heterocycles. The Kier molecular flexibility index (Phi) is 5.67. The van der Waals surface area contributed by atoms with E-state index in [4.69, 9.17) is 8.83 Å². The third kappa shape index (κ3) is 4.05. The summed E-state index contributed by atoms with van der Waals surface area (Å²) in [5, 5.41) is 15.7. The van der Waals surface area contributed by atoms with Crippen molar-refractivity contribution in [2.45, 2.75) is 6.04 Å². The largest absolute Gasteiger partial charge is 0.492 e. The van der Waals surface area contributed by atoms with E-state index in [2.05, 4.69) is 37.0 Å². The first-order valence-corrected chi connectivity index (χ1v) is 12.6. The third-order valence-electron chi connectivity index (χ3n) is 6.05. The smallest absolute Gasteiger partial charge is 0.289 e. The van der Waals surface area contributed by atoms with Gasteiger partial charge < -0.3 is 18.8 Å². The maximum atomic E-state index is 12.7. The van der Waals surface area contributed by atoms with Crippen molar-refractivity contribution in [3.8, 4) is 17.5 Å². The number of benzene rings is 1. The van der Waals surface area contributed by atoms with Crippen LogP contribution in [0.5, 0.6) is 5.88 Å². The molecule has 1 N–H and O–H groups in total. The molecule has 6 rings (SSSR count). The maximum absolute atomic E-state index is 12.7. The first-order chi connectivity index (χ1) is 17.1. The van der Waals surface area contributed by atoms with Gasteiger partial charge in [0.1, 0.15) is 0 Å². The number of halogens is 1. The zero-order valence-electron chi connectivity index (χ0n) is 18.4. The van der Waals surface area contributed by atoms with Crippen LogP contribution in [0.1, 0.15) is 27.0 Å². The Hall–Kier alpha value is -3.41. The molecule has 178 valence electrons. The van der Waals surface area contributed by atoms with Gasteiger partial charge in [-0.15, -0.1) is 5.10 Å². The molecule has 9 nitrogen and oxygen atoms in total. The SMILES string of the molecule is O=C(c1ccco1)N1CCN([C@H](c2cccc(Br)c2)c2sc3nc(-c4ccco4)nn3c2O)CC1. The number of nitrogens with zero attached hydrogens (tertiary/aromatic N) is 5. The summed E-state index contributed by atoms with van der Waals surface area (Å²) in [5.41, 5.74) is 1.02. The van der Waals surface area contributed by atoms with Gasteiger partial charge in [0.15, 0.2) is 11.5 Å². The highest BCUT2D eigenvalue weighted by Crippen LogP contribution is 2.41. The van der Waals surface area contributed by atoms with E-state index >= 15 is 0 Å². The molecule has 1 aromatic carbocycles. The van der Waals surface area contributed by atoms with E-state index in [1.54, 1.807) is 35.4 Å². The zero-order valence-corrected chi connectivity index (χ0v) is 20.8. The van der Waals surface area contributed by atoms with Crippen LogP contribution in [0.2, 0.25) is 0 Å². The summed E-state index contributed by atoms with van der Waals surface area (Å²) in [6, 6.07) is 14.8. The Morgan fingerprint density at radius 3 is 2.54 bits per heavy atom. The van der Waals surface area contributed by atoms with Gasteiger partial charge in [-0.3, -0.25) is 9.69 Å².